The van der Waals surface area contributed by atoms with Crippen LogP contribution in [0.3, 0.4) is 0 Å². The number of nitrogens with one attached hydrogen (secondary N) is 1. The molecule has 22 heavy (non-hydrogen) atoms. The molecule has 0 saturated carbocycles. The van der Waals surface area contributed by atoms with E-state index in [0.717, 1.165) is 18.7 Å². The molecule has 1 heterocycles. The number of nitrogens with zero attached hydrogens (tertiary/aromatic N) is 2. The molecule has 5 nitrogen and oxygen atoms in total. The Hall–Kier alpha value is -1.88. The lowest BCUT2D eigenvalue weighted by Gasteiger charge is -2.17. The van der Waals surface area contributed by atoms with E-state index >= 15 is 0 Å². The van der Waals surface area contributed by atoms with Crippen molar-refractivity contribution < 1.29 is 9.59 Å². The summed E-state index contributed by atoms with van der Waals surface area (Å²) in [6.45, 7) is 3.98. The summed E-state index contributed by atoms with van der Waals surface area (Å²) in [5.74, 6) is -0.250. The van der Waals surface area contributed by atoms with E-state index in [1.54, 1.807) is 4.90 Å². The molecule has 0 spiro atoms. The molecule has 1 aromatic rings. The number of hydrogen-bond acceptors (Lipinski definition) is 3. The van der Waals surface area contributed by atoms with Gasteiger partial charge in [-0.3, -0.25) is 9.59 Å². The highest BCUT2D eigenvalue weighted by atomic mass is 16.2. The average molecular weight is 303 g/mol. The quantitative estimate of drug-likeness (QED) is 0.861. The molecule has 2 rings (SSSR count). The van der Waals surface area contributed by atoms with E-state index in [1.165, 1.54) is 5.56 Å². The zero-order valence-electron chi connectivity index (χ0n) is 13.6. The van der Waals surface area contributed by atoms with Crippen molar-refractivity contribution in [2.24, 2.45) is 5.92 Å². The molecule has 0 radical (unpaired) electrons. The van der Waals surface area contributed by atoms with Crippen LogP contribution in [0, 0.1) is 5.92 Å². The highest BCUT2D eigenvalue weighted by Crippen LogP contribution is 2.25. The van der Waals surface area contributed by atoms with Crippen molar-refractivity contribution in [1.82, 2.24) is 10.2 Å². The second-order valence-corrected chi connectivity index (χ2v) is 6.02. The van der Waals surface area contributed by atoms with Crippen LogP contribution in [0.15, 0.2) is 24.3 Å². The van der Waals surface area contributed by atoms with Crippen molar-refractivity contribution in [3.63, 3.8) is 0 Å². The summed E-state index contributed by atoms with van der Waals surface area (Å²) in [6, 6.07) is 7.99. The fraction of sp³-hybridized carbons (Fsp3) is 0.529. The molecular weight excluding hydrogens is 278 g/mol. The van der Waals surface area contributed by atoms with Crippen LogP contribution < -0.4 is 10.2 Å². The Balaban J connectivity index is 1.93. The Morgan fingerprint density at radius 2 is 2.00 bits per heavy atom. The minimum Gasteiger partial charge on any atom is -0.355 e. The standard InChI is InChI=1S/C17H25N3O2/c1-4-13-5-7-15(8-6-13)20-12-14(11-16(20)21)17(22)18-9-10-19(2)3/h5-8,14H,4,9-12H2,1-3H3,(H,18,22). The number of hydrogen-bond donors (Lipinski definition) is 1. The third-order valence-electron chi connectivity index (χ3n) is 4.01. The lowest BCUT2D eigenvalue weighted by Crippen LogP contribution is -2.36. The molecule has 1 saturated heterocycles. The Bertz CT molecular complexity index is 525. The van der Waals surface area contributed by atoms with Crippen LogP contribution in [0.4, 0.5) is 5.69 Å². The first kappa shape index (κ1) is 16.5. The maximum atomic E-state index is 12.2. The molecule has 0 bridgehead atoms. The molecular formula is C17H25N3O2. The monoisotopic (exact) mass is 303 g/mol. The first-order valence-corrected chi connectivity index (χ1v) is 7.83. The lowest BCUT2D eigenvalue weighted by atomic mass is 10.1. The van der Waals surface area contributed by atoms with Crippen molar-refractivity contribution in [2.75, 3.05) is 38.6 Å². The van der Waals surface area contributed by atoms with Gasteiger partial charge in [-0.05, 0) is 38.2 Å². The Labute approximate surface area is 132 Å². The van der Waals surface area contributed by atoms with Crippen molar-refractivity contribution in [3.05, 3.63) is 29.8 Å². The van der Waals surface area contributed by atoms with Crippen molar-refractivity contribution in [3.8, 4) is 0 Å². The Morgan fingerprint density at radius 1 is 1.32 bits per heavy atom. The van der Waals surface area contributed by atoms with Gasteiger partial charge in [0, 0.05) is 31.7 Å². The molecule has 1 unspecified atom stereocenters. The molecule has 2 amide bonds. The summed E-state index contributed by atoms with van der Waals surface area (Å²) in [6.07, 6.45) is 1.27. The highest BCUT2D eigenvalue weighted by Gasteiger charge is 2.34. The highest BCUT2D eigenvalue weighted by molar-refractivity contribution is 6.00. The van der Waals surface area contributed by atoms with Gasteiger partial charge in [-0.1, -0.05) is 19.1 Å². The van der Waals surface area contributed by atoms with Crippen LogP contribution in [0.5, 0.6) is 0 Å². The largest absolute Gasteiger partial charge is 0.355 e. The molecule has 5 heteroatoms. The molecule has 1 aliphatic rings. The van der Waals surface area contributed by atoms with Gasteiger partial charge < -0.3 is 15.1 Å². The van der Waals surface area contributed by atoms with Crippen LogP contribution in [-0.4, -0.2) is 50.4 Å². The number of amides is 2. The molecule has 1 N–H and O–H groups in total. The zero-order chi connectivity index (χ0) is 16.1. The van der Waals surface area contributed by atoms with Crippen LogP contribution in [0.2, 0.25) is 0 Å². The van der Waals surface area contributed by atoms with Crippen molar-refractivity contribution in [2.45, 2.75) is 19.8 Å². The molecule has 0 aromatic heterocycles. The lowest BCUT2D eigenvalue weighted by molar-refractivity contribution is -0.126. The van der Waals surface area contributed by atoms with Crippen LogP contribution >= 0.6 is 0 Å². The summed E-state index contributed by atoms with van der Waals surface area (Å²) in [5, 5.41) is 2.91. The topological polar surface area (TPSA) is 52.7 Å². The smallest absolute Gasteiger partial charge is 0.227 e. The van der Waals surface area contributed by atoms with Crippen LogP contribution in [0.1, 0.15) is 18.9 Å². The minimum absolute atomic E-state index is 0.0250. The third kappa shape index (κ3) is 4.07. The second-order valence-electron chi connectivity index (χ2n) is 6.02. The van der Waals surface area contributed by atoms with E-state index in [4.69, 9.17) is 0 Å². The third-order valence-corrected chi connectivity index (χ3v) is 4.01. The Morgan fingerprint density at radius 3 is 2.59 bits per heavy atom. The number of aryl methyl sites for hydroxylation is 1. The molecule has 1 fully saturated rings. The van der Waals surface area contributed by atoms with Gasteiger partial charge in [0.15, 0.2) is 0 Å². The number of benzene rings is 1. The summed E-state index contributed by atoms with van der Waals surface area (Å²) in [7, 11) is 3.93. The van der Waals surface area contributed by atoms with E-state index in [1.807, 2.05) is 43.3 Å². The number of anilines is 1. The SMILES string of the molecule is CCc1ccc(N2CC(C(=O)NCCN(C)C)CC2=O)cc1. The van der Waals surface area contributed by atoms with Gasteiger partial charge in [0.25, 0.3) is 0 Å². The fourth-order valence-electron chi connectivity index (χ4n) is 2.59. The van der Waals surface area contributed by atoms with Crippen molar-refractivity contribution in [1.29, 1.82) is 0 Å². The summed E-state index contributed by atoms with van der Waals surface area (Å²) >= 11 is 0. The summed E-state index contributed by atoms with van der Waals surface area (Å²) in [4.78, 5) is 28.0. The average Bonchev–Trinajstić information content (AvgIpc) is 2.89. The van der Waals surface area contributed by atoms with E-state index in [0.29, 0.717) is 19.5 Å². The fourth-order valence-corrected chi connectivity index (χ4v) is 2.59. The van der Waals surface area contributed by atoms with E-state index in [-0.39, 0.29) is 17.7 Å². The maximum absolute atomic E-state index is 12.2. The zero-order valence-corrected chi connectivity index (χ0v) is 13.6. The summed E-state index contributed by atoms with van der Waals surface area (Å²) < 4.78 is 0. The van der Waals surface area contributed by atoms with Gasteiger partial charge in [0.05, 0.1) is 5.92 Å². The van der Waals surface area contributed by atoms with Gasteiger partial charge in [-0.2, -0.15) is 0 Å². The van der Waals surface area contributed by atoms with E-state index < -0.39 is 0 Å². The number of carbonyl (C=O) groups excluding carboxylic acids is 2. The van der Waals surface area contributed by atoms with E-state index in [9.17, 15) is 9.59 Å². The predicted octanol–water partition coefficient (Wildman–Crippen LogP) is 1.28. The van der Waals surface area contributed by atoms with Crippen molar-refractivity contribution >= 4 is 17.5 Å². The predicted molar refractivity (Wildman–Crippen MR) is 87.8 cm³/mol. The van der Waals surface area contributed by atoms with Gasteiger partial charge in [0.2, 0.25) is 11.8 Å². The first-order valence-electron chi connectivity index (χ1n) is 7.83. The summed E-state index contributed by atoms with van der Waals surface area (Å²) in [5.41, 5.74) is 2.12. The Kier molecular flexibility index (Phi) is 5.55. The molecule has 1 atom stereocenters. The molecule has 0 aliphatic carbocycles. The first-order chi connectivity index (χ1) is 10.5. The number of likely N-dealkylation sites (N-methyl/N-ethyl adjacent to an activating group) is 1. The normalized spacial score (nSPS) is 18.1. The molecule has 1 aliphatic heterocycles. The van der Waals surface area contributed by atoms with Crippen LogP contribution in [-0.2, 0) is 16.0 Å². The maximum Gasteiger partial charge on any atom is 0.227 e. The molecule has 1 aromatic carbocycles. The van der Waals surface area contributed by atoms with Gasteiger partial charge in [-0.15, -0.1) is 0 Å². The van der Waals surface area contributed by atoms with Gasteiger partial charge >= 0.3 is 0 Å². The van der Waals surface area contributed by atoms with Crippen LogP contribution in [0.25, 0.3) is 0 Å². The number of carbonyl (C=O) groups is 2. The van der Waals surface area contributed by atoms with Gasteiger partial charge in [-0.25, -0.2) is 0 Å². The number of rotatable bonds is 6. The second kappa shape index (κ2) is 7.40. The van der Waals surface area contributed by atoms with Gasteiger partial charge in [0.1, 0.15) is 0 Å². The molecule has 120 valence electrons. The minimum atomic E-state index is -0.250. The van der Waals surface area contributed by atoms with E-state index in [2.05, 4.69) is 12.2 Å².